The van der Waals surface area contributed by atoms with Gasteiger partial charge in [0.1, 0.15) is 17.3 Å². The highest BCUT2D eigenvalue weighted by molar-refractivity contribution is 6.30. The maximum absolute atomic E-state index is 13.7. The monoisotopic (exact) mass is 506 g/mol. The maximum Gasteiger partial charge on any atom is 0.430 e. The zero-order valence-electron chi connectivity index (χ0n) is 18.2. The molecule has 0 aliphatic rings. The number of carbonyl (C=O) groups excluding carboxylic acids is 1. The second kappa shape index (κ2) is 10.6. The van der Waals surface area contributed by atoms with Gasteiger partial charge in [-0.25, -0.2) is 4.39 Å². The van der Waals surface area contributed by atoms with E-state index >= 15 is 0 Å². The minimum Gasteiger partial charge on any atom is -0.507 e. The van der Waals surface area contributed by atoms with Gasteiger partial charge in [-0.15, -0.1) is 0 Å². The lowest BCUT2D eigenvalue weighted by molar-refractivity contribution is -0.0925. The van der Waals surface area contributed by atoms with Crippen LogP contribution >= 0.6 is 11.6 Å². The zero-order valence-corrected chi connectivity index (χ0v) is 19.0. The van der Waals surface area contributed by atoms with Crippen LogP contribution in [0.5, 0.6) is 5.75 Å². The quantitative estimate of drug-likeness (QED) is 0.353. The van der Waals surface area contributed by atoms with Gasteiger partial charge in [-0.3, -0.25) is 14.8 Å². The molecule has 0 unspecified atom stereocenters. The lowest BCUT2D eigenvalue weighted by Crippen LogP contribution is -2.30. The summed E-state index contributed by atoms with van der Waals surface area (Å²) in [5.74, 6) is -1.77. The number of nitrogens with two attached hydrogens (primary N) is 1. The largest absolute Gasteiger partial charge is 0.507 e. The van der Waals surface area contributed by atoms with Gasteiger partial charge in [-0.05, 0) is 42.0 Å². The minimum atomic E-state index is -4.77. The molecule has 182 valence electrons. The topological polar surface area (TPSA) is 91.8 Å². The summed E-state index contributed by atoms with van der Waals surface area (Å²) in [5.41, 5.74) is 4.27. The summed E-state index contributed by atoms with van der Waals surface area (Å²) in [4.78, 5) is 22.0. The minimum absolute atomic E-state index is 0.0148. The van der Waals surface area contributed by atoms with Crippen molar-refractivity contribution < 1.29 is 27.5 Å². The highest BCUT2D eigenvalue weighted by atomic mass is 35.5. The van der Waals surface area contributed by atoms with Crippen LogP contribution in [0.15, 0.2) is 77.7 Å². The fourth-order valence-electron chi connectivity index (χ4n) is 3.13. The molecule has 1 heterocycles. The van der Waals surface area contributed by atoms with Crippen molar-refractivity contribution in [2.45, 2.75) is 12.7 Å². The van der Waals surface area contributed by atoms with Crippen LogP contribution < -0.4 is 10.6 Å². The molecule has 1 aromatic heterocycles. The number of aliphatic imine (C=N–C) groups is 1. The van der Waals surface area contributed by atoms with Crippen molar-refractivity contribution in [2.75, 3.05) is 11.9 Å². The number of alkyl halides is 3. The van der Waals surface area contributed by atoms with Crippen LogP contribution in [0.3, 0.4) is 0 Å². The Morgan fingerprint density at radius 1 is 1.17 bits per heavy atom. The summed E-state index contributed by atoms with van der Waals surface area (Å²) in [5, 5.41) is 11.1. The third kappa shape index (κ3) is 6.36. The maximum atomic E-state index is 13.7. The van der Waals surface area contributed by atoms with Crippen LogP contribution in [0.1, 0.15) is 21.5 Å². The molecule has 0 radical (unpaired) electrons. The Kier molecular flexibility index (Phi) is 7.75. The molecule has 0 atom stereocenters. The Bertz CT molecular complexity index is 1290. The number of hydrogen-bond donors (Lipinski definition) is 2. The van der Waals surface area contributed by atoms with Gasteiger partial charge in [0, 0.05) is 35.6 Å². The number of carbonyl (C=O) groups is 1. The molecule has 2 aromatic carbocycles. The first-order valence-electron chi connectivity index (χ1n) is 10.0. The number of benzene rings is 2. The van der Waals surface area contributed by atoms with Gasteiger partial charge in [0.05, 0.1) is 24.0 Å². The Morgan fingerprint density at radius 2 is 1.86 bits per heavy atom. The van der Waals surface area contributed by atoms with Gasteiger partial charge < -0.3 is 15.7 Å². The zero-order chi connectivity index (χ0) is 25.8. The first-order valence-corrected chi connectivity index (χ1v) is 10.4. The number of anilines is 1. The number of nitrogens with zero attached hydrogens (tertiary/aromatic N) is 3. The van der Waals surface area contributed by atoms with Crippen molar-refractivity contribution >= 4 is 28.9 Å². The third-order valence-electron chi connectivity index (χ3n) is 4.88. The van der Waals surface area contributed by atoms with Crippen molar-refractivity contribution in [1.82, 2.24) is 4.98 Å². The molecular formula is C24H19ClF4N4O2. The molecule has 0 aliphatic carbocycles. The average Bonchev–Trinajstić information content (AvgIpc) is 2.81. The summed E-state index contributed by atoms with van der Waals surface area (Å²) in [7, 11) is 1.25. The first kappa shape index (κ1) is 25.7. The van der Waals surface area contributed by atoms with Gasteiger partial charge in [0.25, 0.3) is 5.91 Å². The van der Waals surface area contributed by atoms with Crippen molar-refractivity contribution in [1.29, 1.82) is 0 Å². The number of phenolic OH excluding ortho intramolecular Hbond substituents is 1. The highest BCUT2D eigenvalue weighted by Gasteiger charge is 2.32. The molecule has 11 heteroatoms. The van der Waals surface area contributed by atoms with E-state index in [9.17, 15) is 27.5 Å². The molecule has 3 N–H and O–H groups in total. The highest BCUT2D eigenvalue weighted by Crippen LogP contribution is 2.29. The molecular weight excluding hydrogens is 488 g/mol. The second-order valence-electron chi connectivity index (χ2n) is 7.32. The van der Waals surface area contributed by atoms with Gasteiger partial charge >= 0.3 is 6.18 Å². The van der Waals surface area contributed by atoms with E-state index in [4.69, 9.17) is 17.3 Å². The smallest absolute Gasteiger partial charge is 0.430 e. The summed E-state index contributed by atoms with van der Waals surface area (Å²) < 4.78 is 52.2. The molecule has 3 aromatic rings. The number of aromatic nitrogens is 1. The van der Waals surface area contributed by atoms with Crippen molar-refractivity contribution in [3.8, 4) is 5.75 Å². The number of phenols is 1. The van der Waals surface area contributed by atoms with Crippen LogP contribution in [0.25, 0.3) is 0 Å². The van der Waals surface area contributed by atoms with Crippen molar-refractivity contribution in [3.63, 3.8) is 0 Å². The normalized spacial score (nSPS) is 12.5. The van der Waals surface area contributed by atoms with E-state index in [0.717, 1.165) is 12.3 Å². The second-order valence-corrected chi connectivity index (χ2v) is 7.75. The Hall–Kier alpha value is -3.92. The van der Waals surface area contributed by atoms with Crippen molar-refractivity contribution in [2.24, 2.45) is 10.7 Å². The van der Waals surface area contributed by atoms with E-state index in [2.05, 4.69) is 9.98 Å². The van der Waals surface area contributed by atoms with E-state index in [0.29, 0.717) is 16.7 Å². The molecule has 6 nitrogen and oxygen atoms in total. The number of allylic oxidation sites excluding steroid dienone is 2. The number of halogens is 5. The van der Waals surface area contributed by atoms with Gasteiger partial charge in [0.15, 0.2) is 0 Å². The predicted molar refractivity (Wildman–Crippen MR) is 125 cm³/mol. The van der Waals surface area contributed by atoms with Crippen LogP contribution in [0, 0.1) is 5.82 Å². The van der Waals surface area contributed by atoms with Crippen LogP contribution in [-0.4, -0.2) is 34.9 Å². The van der Waals surface area contributed by atoms with Crippen molar-refractivity contribution in [3.05, 3.63) is 100 Å². The molecule has 3 rings (SSSR count). The van der Waals surface area contributed by atoms with Crippen LogP contribution in [-0.2, 0) is 6.54 Å². The molecule has 0 bridgehead atoms. The molecule has 0 fully saturated rings. The Morgan fingerprint density at radius 3 is 2.43 bits per heavy atom. The van der Waals surface area contributed by atoms with E-state index in [1.54, 1.807) is 24.3 Å². The molecule has 0 saturated carbocycles. The lowest BCUT2D eigenvalue weighted by atomic mass is 10.1. The third-order valence-corrected chi connectivity index (χ3v) is 5.13. The molecule has 1 amide bonds. The summed E-state index contributed by atoms with van der Waals surface area (Å²) in [6, 6.07) is 11.6. The Labute approximate surface area is 203 Å². The number of amides is 1. The number of rotatable bonds is 6. The van der Waals surface area contributed by atoms with Crippen LogP contribution in [0.2, 0.25) is 5.02 Å². The number of hydrogen-bond acceptors (Lipinski definition) is 5. The molecule has 35 heavy (non-hydrogen) atoms. The van der Waals surface area contributed by atoms with E-state index in [1.807, 2.05) is 0 Å². The first-order chi connectivity index (χ1) is 16.5. The van der Waals surface area contributed by atoms with Gasteiger partial charge in [0.2, 0.25) is 0 Å². The Balaban J connectivity index is 2.03. The molecule has 0 aliphatic heterocycles. The summed E-state index contributed by atoms with van der Waals surface area (Å²) in [6.07, 6.45) is -2.02. The molecule has 0 saturated heterocycles. The summed E-state index contributed by atoms with van der Waals surface area (Å²) in [6.45, 7) is 0.0148. The van der Waals surface area contributed by atoms with E-state index in [-0.39, 0.29) is 29.1 Å². The SMILES string of the molecule is CN=C(/C=C(\N)C(F)(F)F)c1ccc(N(Cc2ccc(Cl)cc2)C(=O)c2cncc(F)c2)cc1O. The average molecular weight is 507 g/mol. The van der Waals surface area contributed by atoms with Gasteiger partial charge in [-0.2, -0.15) is 13.2 Å². The molecule has 0 spiro atoms. The number of aromatic hydroxyl groups is 1. The number of pyridine rings is 1. The van der Waals surface area contributed by atoms with E-state index < -0.39 is 29.3 Å². The van der Waals surface area contributed by atoms with Gasteiger partial charge in [-0.1, -0.05) is 23.7 Å². The fourth-order valence-corrected chi connectivity index (χ4v) is 3.26. The fraction of sp³-hybridized carbons (Fsp3) is 0.125. The standard InChI is InChI=1S/C24H19ClF4N4O2/c1-31-20(10-22(30)24(27,28)29)19-7-6-18(9-21(19)34)33(13-14-2-4-16(25)5-3-14)23(35)15-8-17(26)12-32-11-15/h2-12,34H,13,30H2,1H3/b22-10-,31-20?. The predicted octanol–water partition coefficient (Wildman–Crippen LogP) is 5.25. The summed E-state index contributed by atoms with van der Waals surface area (Å²) >= 11 is 5.93. The van der Waals surface area contributed by atoms with Crippen LogP contribution in [0.4, 0.5) is 23.2 Å². The van der Waals surface area contributed by atoms with E-state index in [1.165, 1.54) is 36.3 Å². The lowest BCUT2D eigenvalue weighted by Gasteiger charge is -2.24.